The minimum Gasteiger partial charge on any atom is -0.493 e. The molecule has 1 heterocycles. The summed E-state index contributed by atoms with van der Waals surface area (Å²) in [6, 6.07) is 4.42. The maximum Gasteiger partial charge on any atom is 0.246 e. The highest BCUT2D eigenvalue weighted by atomic mass is 16.5. The van der Waals surface area contributed by atoms with E-state index in [2.05, 4.69) is 13.0 Å². The van der Waals surface area contributed by atoms with Crippen LogP contribution in [0.5, 0.6) is 11.5 Å². The smallest absolute Gasteiger partial charge is 0.246 e. The molecule has 0 N–H and O–H groups in total. The van der Waals surface area contributed by atoms with Gasteiger partial charge in [0.25, 0.3) is 0 Å². The fourth-order valence-electron chi connectivity index (χ4n) is 3.79. The zero-order chi connectivity index (χ0) is 17.8. The summed E-state index contributed by atoms with van der Waals surface area (Å²) in [6.07, 6.45) is 10.6. The number of nitrogens with zero attached hydrogens (tertiary/aromatic N) is 1. The van der Waals surface area contributed by atoms with Crippen molar-refractivity contribution in [2.24, 2.45) is 0 Å². The minimum atomic E-state index is 0.0594. The number of rotatable bonds is 5. The highest BCUT2D eigenvalue weighted by Crippen LogP contribution is 2.35. The number of benzene rings is 1. The molecule has 1 amide bonds. The second-order valence-electron chi connectivity index (χ2n) is 7.14. The lowest BCUT2D eigenvalue weighted by Gasteiger charge is -2.30. The fourth-order valence-corrected chi connectivity index (χ4v) is 3.79. The van der Waals surface area contributed by atoms with Crippen molar-refractivity contribution in [3.05, 3.63) is 29.3 Å². The molecular weight excluding hydrogens is 314 g/mol. The first-order valence-corrected chi connectivity index (χ1v) is 9.49. The van der Waals surface area contributed by atoms with Crippen molar-refractivity contribution in [3.8, 4) is 11.5 Å². The van der Waals surface area contributed by atoms with Gasteiger partial charge in [0.15, 0.2) is 0 Å². The van der Waals surface area contributed by atoms with Crippen molar-refractivity contribution in [3.63, 3.8) is 0 Å². The average molecular weight is 343 g/mol. The molecule has 1 fully saturated rings. The maximum absolute atomic E-state index is 12.5. The number of hydrogen-bond donors (Lipinski definition) is 0. The normalized spacial score (nSPS) is 20.4. The highest BCUT2D eigenvalue weighted by molar-refractivity contribution is 5.92. The number of hydrogen-bond acceptors (Lipinski definition) is 3. The van der Waals surface area contributed by atoms with Gasteiger partial charge in [0.05, 0.1) is 6.61 Å². The monoisotopic (exact) mass is 343 g/mol. The summed E-state index contributed by atoms with van der Waals surface area (Å²) in [7, 11) is 1.92. The Morgan fingerprint density at radius 1 is 1.32 bits per heavy atom. The number of likely N-dealkylation sites (N-methyl/N-ethyl adjacent to an activating group) is 1. The molecule has 0 spiro atoms. The van der Waals surface area contributed by atoms with E-state index in [-0.39, 0.29) is 12.0 Å². The van der Waals surface area contributed by atoms with Gasteiger partial charge in [-0.1, -0.05) is 19.3 Å². The summed E-state index contributed by atoms with van der Waals surface area (Å²) in [5.74, 6) is 1.79. The zero-order valence-electron chi connectivity index (χ0n) is 15.6. The molecule has 1 aromatic carbocycles. The van der Waals surface area contributed by atoms with Crippen LogP contribution in [0, 0.1) is 0 Å². The average Bonchev–Trinajstić information content (AvgIpc) is 2.98. The first-order chi connectivity index (χ1) is 12.1. The van der Waals surface area contributed by atoms with Crippen LogP contribution in [0.25, 0.3) is 6.08 Å². The second kappa shape index (κ2) is 7.94. The lowest BCUT2D eigenvalue weighted by atomic mass is 9.94. The molecule has 136 valence electrons. The highest BCUT2D eigenvalue weighted by Gasteiger charge is 2.22. The molecule has 0 aromatic heterocycles. The molecule has 1 unspecified atom stereocenters. The van der Waals surface area contributed by atoms with Crippen LogP contribution in [0.4, 0.5) is 0 Å². The lowest BCUT2D eigenvalue weighted by molar-refractivity contribution is -0.127. The van der Waals surface area contributed by atoms with Gasteiger partial charge in [-0.25, -0.2) is 0 Å². The fraction of sp³-hybridized carbons (Fsp3) is 0.571. The summed E-state index contributed by atoms with van der Waals surface area (Å²) < 4.78 is 11.6. The van der Waals surface area contributed by atoms with Gasteiger partial charge >= 0.3 is 0 Å². The van der Waals surface area contributed by atoms with Gasteiger partial charge in [-0.05, 0) is 44.9 Å². The van der Waals surface area contributed by atoms with Gasteiger partial charge in [0.1, 0.15) is 17.6 Å². The van der Waals surface area contributed by atoms with E-state index in [1.807, 2.05) is 31.0 Å². The van der Waals surface area contributed by atoms with Gasteiger partial charge in [-0.2, -0.15) is 0 Å². The van der Waals surface area contributed by atoms with E-state index < -0.39 is 0 Å². The van der Waals surface area contributed by atoms with Crippen LogP contribution < -0.4 is 9.47 Å². The molecule has 25 heavy (non-hydrogen) atoms. The Balaban J connectivity index is 1.75. The van der Waals surface area contributed by atoms with E-state index in [1.54, 1.807) is 6.08 Å². The van der Waals surface area contributed by atoms with Crippen molar-refractivity contribution in [2.75, 3.05) is 13.7 Å². The van der Waals surface area contributed by atoms with Gasteiger partial charge in [0, 0.05) is 36.7 Å². The molecule has 1 aromatic rings. The molecule has 1 atom stereocenters. The van der Waals surface area contributed by atoms with Gasteiger partial charge < -0.3 is 14.4 Å². The number of ether oxygens (including phenoxy) is 2. The van der Waals surface area contributed by atoms with E-state index in [1.165, 1.54) is 24.8 Å². The molecule has 1 aliphatic carbocycles. The molecule has 4 heteroatoms. The Morgan fingerprint density at radius 2 is 2.08 bits per heavy atom. The molecule has 0 bridgehead atoms. The Hall–Kier alpha value is -1.97. The summed E-state index contributed by atoms with van der Waals surface area (Å²) in [6.45, 7) is 4.65. The first kappa shape index (κ1) is 17.8. The molecule has 0 radical (unpaired) electrons. The van der Waals surface area contributed by atoms with E-state index in [4.69, 9.17) is 9.47 Å². The number of carbonyl (C=O) groups is 1. The second-order valence-corrected chi connectivity index (χ2v) is 7.14. The third-order valence-electron chi connectivity index (χ3n) is 5.20. The summed E-state index contributed by atoms with van der Waals surface area (Å²) >= 11 is 0. The Labute approximate surface area is 150 Å². The van der Waals surface area contributed by atoms with Crippen molar-refractivity contribution in [1.29, 1.82) is 0 Å². The quantitative estimate of drug-likeness (QED) is 0.752. The van der Waals surface area contributed by atoms with Crippen molar-refractivity contribution >= 4 is 12.0 Å². The van der Waals surface area contributed by atoms with Crippen LogP contribution in [-0.2, 0) is 11.2 Å². The zero-order valence-corrected chi connectivity index (χ0v) is 15.6. The van der Waals surface area contributed by atoms with E-state index in [0.29, 0.717) is 12.6 Å². The Bertz CT molecular complexity index is 647. The van der Waals surface area contributed by atoms with Crippen molar-refractivity contribution < 1.29 is 14.3 Å². The third-order valence-corrected chi connectivity index (χ3v) is 5.20. The van der Waals surface area contributed by atoms with Crippen LogP contribution in [-0.4, -0.2) is 36.6 Å². The van der Waals surface area contributed by atoms with Crippen molar-refractivity contribution in [1.82, 2.24) is 4.90 Å². The number of fused-ring (bicyclic) bond motifs is 1. The summed E-state index contributed by atoms with van der Waals surface area (Å²) in [5.41, 5.74) is 2.08. The summed E-state index contributed by atoms with van der Waals surface area (Å²) in [4.78, 5) is 14.4. The van der Waals surface area contributed by atoms with Gasteiger partial charge in [-0.15, -0.1) is 0 Å². The molecular formula is C21H29NO3. The van der Waals surface area contributed by atoms with Crippen molar-refractivity contribution in [2.45, 2.75) is 64.5 Å². The van der Waals surface area contributed by atoms with Crippen LogP contribution >= 0.6 is 0 Å². The Morgan fingerprint density at radius 3 is 2.80 bits per heavy atom. The summed E-state index contributed by atoms with van der Waals surface area (Å²) in [5, 5.41) is 0. The van der Waals surface area contributed by atoms with Crippen LogP contribution in [0.1, 0.15) is 57.1 Å². The molecule has 1 aliphatic heterocycles. The first-order valence-electron chi connectivity index (χ1n) is 9.49. The molecule has 0 saturated heterocycles. The van der Waals surface area contributed by atoms with Crippen LogP contribution in [0.15, 0.2) is 18.2 Å². The topological polar surface area (TPSA) is 38.8 Å². The van der Waals surface area contributed by atoms with E-state index >= 15 is 0 Å². The predicted molar refractivity (Wildman–Crippen MR) is 100 cm³/mol. The number of carbonyl (C=O) groups excluding carboxylic acids is 1. The molecule has 3 rings (SSSR count). The van der Waals surface area contributed by atoms with Crippen LogP contribution in [0.2, 0.25) is 0 Å². The largest absolute Gasteiger partial charge is 0.493 e. The maximum atomic E-state index is 12.5. The van der Waals surface area contributed by atoms with Gasteiger partial charge in [-0.3, -0.25) is 4.79 Å². The van der Waals surface area contributed by atoms with E-state index in [9.17, 15) is 4.79 Å². The Kier molecular flexibility index (Phi) is 5.67. The molecule has 1 saturated carbocycles. The van der Waals surface area contributed by atoms with Gasteiger partial charge in [0.2, 0.25) is 5.91 Å². The predicted octanol–water partition coefficient (Wildman–Crippen LogP) is 4.21. The molecule has 4 nitrogen and oxygen atoms in total. The standard InChI is InChI=1S/C21H29NO3/c1-4-24-19-14-17-12-15(2)25-20(17)13-16(19)10-11-21(23)22(3)18-8-6-5-7-9-18/h10-11,13-15,18H,4-9,12H2,1-3H3/b11-10+. The SMILES string of the molecule is CCOc1cc2c(cc1/C=C/C(=O)N(C)C1CCCCC1)OC(C)C2. The number of amides is 1. The third kappa shape index (κ3) is 4.17. The lowest BCUT2D eigenvalue weighted by Crippen LogP contribution is -2.37. The minimum absolute atomic E-state index is 0.0594. The van der Waals surface area contributed by atoms with E-state index in [0.717, 1.165) is 36.3 Å². The van der Waals surface area contributed by atoms with Crippen LogP contribution in [0.3, 0.4) is 0 Å². The molecule has 2 aliphatic rings.